The van der Waals surface area contributed by atoms with Crippen LogP contribution >= 0.6 is 11.6 Å². The van der Waals surface area contributed by atoms with Crippen LogP contribution in [0, 0.1) is 10.1 Å². The lowest BCUT2D eigenvalue weighted by Crippen LogP contribution is -2.22. The topological polar surface area (TPSA) is 96.5 Å². The van der Waals surface area contributed by atoms with Crippen molar-refractivity contribution in [3.8, 4) is 17.2 Å². The fraction of sp³-hybridized carbons (Fsp3) is 0.167. The standard InChI is InChI=1S/C12H10ClN3O5/c1-15-12(17)10(9(13)11(14-15)16(18)19)21-8-5-3-7(20-2)4-6-8/h3-6H,1-2H3. The zero-order valence-corrected chi connectivity index (χ0v) is 11.8. The van der Waals surface area contributed by atoms with E-state index in [2.05, 4.69) is 5.10 Å². The number of ether oxygens (including phenoxy) is 2. The number of rotatable bonds is 4. The molecule has 21 heavy (non-hydrogen) atoms. The second-order valence-corrected chi connectivity index (χ2v) is 4.31. The predicted octanol–water partition coefficient (Wildman–Crippen LogP) is 2.14. The van der Waals surface area contributed by atoms with Crippen LogP contribution in [0.25, 0.3) is 0 Å². The molecule has 0 radical (unpaired) electrons. The van der Waals surface area contributed by atoms with E-state index in [1.165, 1.54) is 14.2 Å². The Morgan fingerprint density at radius 2 is 1.86 bits per heavy atom. The van der Waals surface area contributed by atoms with E-state index in [1.807, 2.05) is 0 Å². The second kappa shape index (κ2) is 5.80. The summed E-state index contributed by atoms with van der Waals surface area (Å²) >= 11 is 5.82. The van der Waals surface area contributed by atoms with Gasteiger partial charge in [0.15, 0.2) is 5.02 Å². The van der Waals surface area contributed by atoms with Gasteiger partial charge in [-0.25, -0.2) is 0 Å². The first-order chi connectivity index (χ1) is 9.93. The van der Waals surface area contributed by atoms with E-state index in [9.17, 15) is 14.9 Å². The van der Waals surface area contributed by atoms with Crippen LogP contribution in [0.3, 0.4) is 0 Å². The van der Waals surface area contributed by atoms with E-state index in [4.69, 9.17) is 21.1 Å². The van der Waals surface area contributed by atoms with Crippen LogP contribution in [-0.4, -0.2) is 21.8 Å². The summed E-state index contributed by atoms with van der Waals surface area (Å²) in [5.74, 6) is -0.120. The van der Waals surface area contributed by atoms with Gasteiger partial charge in [0, 0.05) is 0 Å². The molecule has 0 spiro atoms. The van der Waals surface area contributed by atoms with Gasteiger partial charge in [0.1, 0.15) is 11.5 Å². The van der Waals surface area contributed by atoms with Crippen molar-refractivity contribution in [2.75, 3.05) is 7.11 Å². The molecule has 0 fully saturated rings. The fourth-order valence-corrected chi connectivity index (χ4v) is 1.77. The SMILES string of the molecule is COc1ccc(Oc2c(Cl)c([N+](=O)[O-])nn(C)c2=O)cc1. The Balaban J connectivity index is 2.47. The van der Waals surface area contributed by atoms with Crippen molar-refractivity contribution >= 4 is 17.4 Å². The van der Waals surface area contributed by atoms with Gasteiger partial charge in [0.05, 0.1) is 19.3 Å². The number of hydrogen-bond acceptors (Lipinski definition) is 6. The third kappa shape index (κ3) is 2.95. The summed E-state index contributed by atoms with van der Waals surface area (Å²) in [6.07, 6.45) is 0. The summed E-state index contributed by atoms with van der Waals surface area (Å²) in [7, 11) is 2.78. The summed E-state index contributed by atoms with van der Waals surface area (Å²) in [6.45, 7) is 0. The van der Waals surface area contributed by atoms with Crippen molar-refractivity contribution < 1.29 is 14.4 Å². The molecule has 2 aromatic rings. The number of nitrogens with zero attached hydrogens (tertiary/aromatic N) is 3. The molecule has 0 amide bonds. The summed E-state index contributed by atoms with van der Waals surface area (Å²) in [5, 5.41) is 13.9. The van der Waals surface area contributed by atoms with Gasteiger partial charge in [-0.15, -0.1) is 4.68 Å². The molecule has 0 saturated heterocycles. The van der Waals surface area contributed by atoms with Crippen molar-refractivity contribution in [2.45, 2.75) is 0 Å². The van der Waals surface area contributed by atoms with E-state index in [0.717, 1.165) is 4.68 Å². The lowest BCUT2D eigenvalue weighted by Gasteiger charge is -2.07. The maximum Gasteiger partial charge on any atom is 0.411 e. The summed E-state index contributed by atoms with van der Waals surface area (Å²) in [6, 6.07) is 6.31. The van der Waals surface area contributed by atoms with Crippen LogP contribution in [0.1, 0.15) is 0 Å². The van der Waals surface area contributed by atoms with Gasteiger partial charge in [-0.2, -0.15) is 0 Å². The van der Waals surface area contributed by atoms with Crippen LogP contribution in [0.4, 0.5) is 5.82 Å². The van der Waals surface area contributed by atoms with Gasteiger partial charge in [-0.3, -0.25) is 4.79 Å². The maximum atomic E-state index is 11.9. The first-order valence-electron chi connectivity index (χ1n) is 5.67. The highest BCUT2D eigenvalue weighted by Gasteiger charge is 2.25. The minimum Gasteiger partial charge on any atom is -0.497 e. The number of methoxy groups -OCH3 is 1. The first kappa shape index (κ1) is 14.8. The van der Waals surface area contributed by atoms with E-state index in [-0.39, 0.29) is 11.5 Å². The van der Waals surface area contributed by atoms with Gasteiger partial charge in [-0.05, 0) is 29.2 Å². The molecule has 0 saturated carbocycles. The average molecular weight is 312 g/mol. The molecule has 1 heterocycles. The molecule has 9 heteroatoms. The van der Waals surface area contributed by atoms with Crippen molar-refractivity contribution in [1.29, 1.82) is 0 Å². The van der Waals surface area contributed by atoms with Crippen LogP contribution in [0.15, 0.2) is 29.1 Å². The minimum absolute atomic E-state index is 0.287. The molecule has 2 rings (SSSR count). The van der Waals surface area contributed by atoms with E-state index in [1.54, 1.807) is 24.3 Å². The van der Waals surface area contributed by atoms with Crippen LogP contribution < -0.4 is 15.0 Å². The Morgan fingerprint density at radius 3 is 2.38 bits per heavy atom. The maximum absolute atomic E-state index is 11.9. The van der Waals surface area contributed by atoms with Crippen molar-refractivity contribution in [1.82, 2.24) is 9.78 Å². The summed E-state index contributed by atoms with van der Waals surface area (Å²) in [4.78, 5) is 22.0. The van der Waals surface area contributed by atoms with Gasteiger partial charge in [0.2, 0.25) is 5.75 Å². The van der Waals surface area contributed by atoms with Crippen molar-refractivity contribution in [3.63, 3.8) is 0 Å². The average Bonchev–Trinajstić information content (AvgIpc) is 2.47. The summed E-state index contributed by atoms with van der Waals surface area (Å²) < 4.78 is 11.1. The molecule has 0 aliphatic heterocycles. The normalized spacial score (nSPS) is 10.2. The van der Waals surface area contributed by atoms with Crippen molar-refractivity contribution in [3.05, 3.63) is 49.8 Å². The quantitative estimate of drug-likeness (QED) is 0.634. The van der Waals surface area contributed by atoms with Crippen LogP contribution in [-0.2, 0) is 7.05 Å². The highest BCUT2D eigenvalue weighted by Crippen LogP contribution is 2.32. The lowest BCUT2D eigenvalue weighted by molar-refractivity contribution is -0.390. The monoisotopic (exact) mass is 311 g/mol. The third-order valence-corrected chi connectivity index (χ3v) is 2.92. The molecule has 8 nitrogen and oxygen atoms in total. The zero-order chi connectivity index (χ0) is 15.6. The number of hydrogen-bond donors (Lipinski definition) is 0. The van der Waals surface area contributed by atoms with Gasteiger partial charge in [0.25, 0.3) is 0 Å². The molecular weight excluding hydrogens is 302 g/mol. The fourth-order valence-electron chi connectivity index (χ4n) is 1.54. The summed E-state index contributed by atoms with van der Waals surface area (Å²) in [5.41, 5.74) is -0.679. The molecule has 1 aromatic carbocycles. The Bertz CT molecular complexity index is 742. The lowest BCUT2D eigenvalue weighted by atomic mass is 10.3. The number of aromatic nitrogens is 2. The Morgan fingerprint density at radius 1 is 1.29 bits per heavy atom. The number of aryl methyl sites for hydroxylation is 1. The van der Waals surface area contributed by atoms with E-state index in [0.29, 0.717) is 5.75 Å². The number of benzene rings is 1. The molecule has 0 N–H and O–H groups in total. The third-order valence-electron chi connectivity index (χ3n) is 2.58. The molecule has 0 aliphatic rings. The second-order valence-electron chi connectivity index (χ2n) is 3.93. The number of halogens is 1. The highest BCUT2D eigenvalue weighted by atomic mass is 35.5. The van der Waals surface area contributed by atoms with Gasteiger partial charge in [-0.1, -0.05) is 11.6 Å². The van der Waals surface area contributed by atoms with Gasteiger partial charge >= 0.3 is 11.4 Å². The van der Waals surface area contributed by atoms with Crippen molar-refractivity contribution in [2.24, 2.45) is 7.05 Å². The zero-order valence-electron chi connectivity index (χ0n) is 11.1. The van der Waals surface area contributed by atoms with Crippen LogP contribution in [0.2, 0.25) is 5.02 Å². The highest BCUT2D eigenvalue weighted by molar-refractivity contribution is 6.33. The predicted molar refractivity (Wildman–Crippen MR) is 74.2 cm³/mol. The Labute approximate surface area is 123 Å². The van der Waals surface area contributed by atoms with Crippen LogP contribution in [0.5, 0.6) is 17.2 Å². The molecule has 110 valence electrons. The largest absolute Gasteiger partial charge is 0.497 e. The molecule has 0 aliphatic carbocycles. The molecule has 0 atom stereocenters. The Hall–Kier alpha value is -2.61. The smallest absolute Gasteiger partial charge is 0.411 e. The Kier molecular flexibility index (Phi) is 4.08. The van der Waals surface area contributed by atoms with E-state index < -0.39 is 21.3 Å². The minimum atomic E-state index is -0.789. The number of nitro groups is 1. The first-order valence-corrected chi connectivity index (χ1v) is 6.05. The molecule has 1 aromatic heterocycles. The van der Waals surface area contributed by atoms with E-state index >= 15 is 0 Å². The molecular formula is C12H10ClN3O5. The molecule has 0 bridgehead atoms. The molecule has 0 unspecified atom stereocenters. The van der Waals surface area contributed by atoms with Gasteiger partial charge < -0.3 is 19.6 Å².